The van der Waals surface area contributed by atoms with E-state index >= 15 is 0 Å². The lowest BCUT2D eigenvalue weighted by Crippen LogP contribution is -3.00. The van der Waals surface area contributed by atoms with Crippen LogP contribution in [0.25, 0.3) is 11.3 Å². The molecule has 1 heterocycles. The summed E-state index contributed by atoms with van der Waals surface area (Å²) in [6.45, 7) is 4.19. The number of halogens is 2. The Kier molecular flexibility index (Phi) is 5.78. The quantitative estimate of drug-likeness (QED) is 0.679. The highest BCUT2D eigenvalue weighted by atomic mass is 79.9. The minimum absolute atomic E-state index is 0. The molecule has 0 spiro atoms. The summed E-state index contributed by atoms with van der Waals surface area (Å²) in [6, 6.07) is 16.6. The van der Waals surface area contributed by atoms with Gasteiger partial charge in [-0.25, -0.2) is 4.98 Å². The maximum Gasteiger partial charge on any atom is 0.187 e. The van der Waals surface area contributed by atoms with Gasteiger partial charge in [-0.15, -0.1) is 11.3 Å². The molecule has 0 atom stereocenters. The molecule has 0 aliphatic heterocycles. The van der Waals surface area contributed by atoms with Crippen LogP contribution in [0.4, 0.5) is 10.8 Å². The highest BCUT2D eigenvalue weighted by molar-refractivity contribution is 9.10. The van der Waals surface area contributed by atoms with Crippen molar-refractivity contribution in [3.05, 3.63) is 63.4 Å². The molecule has 1 aromatic heterocycles. The van der Waals surface area contributed by atoms with E-state index in [1.54, 1.807) is 11.3 Å². The van der Waals surface area contributed by atoms with Crippen LogP contribution >= 0.6 is 27.3 Å². The van der Waals surface area contributed by atoms with Gasteiger partial charge in [-0.05, 0) is 38.1 Å². The number of nitrogens with zero attached hydrogens (tertiary/aromatic N) is 1. The molecular formula is C17H15Br2N2S-. The van der Waals surface area contributed by atoms with E-state index in [4.69, 9.17) is 4.98 Å². The van der Waals surface area contributed by atoms with Gasteiger partial charge in [0, 0.05) is 20.6 Å². The molecule has 22 heavy (non-hydrogen) atoms. The summed E-state index contributed by atoms with van der Waals surface area (Å²) in [7, 11) is 0. The van der Waals surface area contributed by atoms with E-state index in [2.05, 4.69) is 71.5 Å². The first kappa shape index (κ1) is 17.2. The molecule has 3 aromatic rings. The zero-order valence-corrected chi connectivity index (χ0v) is 16.2. The first-order chi connectivity index (χ1) is 10.1. The van der Waals surface area contributed by atoms with E-state index in [1.807, 2.05) is 12.1 Å². The van der Waals surface area contributed by atoms with E-state index in [0.717, 1.165) is 26.5 Å². The fourth-order valence-electron chi connectivity index (χ4n) is 2.09. The maximum absolute atomic E-state index is 4.72. The van der Waals surface area contributed by atoms with Crippen molar-refractivity contribution >= 4 is 38.1 Å². The molecule has 2 nitrogen and oxygen atoms in total. The fraction of sp³-hybridized carbons (Fsp3) is 0.118. The molecule has 1 N–H and O–H groups in total. The third kappa shape index (κ3) is 3.97. The SMILES string of the molecule is Cc1ccc(Nc2nc(-c3ccc(Br)cc3)c(C)s2)cc1.[Br-]. The molecule has 0 saturated heterocycles. The predicted molar refractivity (Wildman–Crippen MR) is 94.4 cm³/mol. The van der Waals surface area contributed by atoms with Crippen LogP contribution in [-0.2, 0) is 0 Å². The van der Waals surface area contributed by atoms with Crippen LogP contribution in [0, 0.1) is 13.8 Å². The number of benzene rings is 2. The third-order valence-corrected chi connectivity index (χ3v) is 4.63. The van der Waals surface area contributed by atoms with Gasteiger partial charge in [0.1, 0.15) is 0 Å². The van der Waals surface area contributed by atoms with Crippen molar-refractivity contribution in [2.75, 3.05) is 5.32 Å². The lowest BCUT2D eigenvalue weighted by atomic mass is 10.1. The zero-order chi connectivity index (χ0) is 14.8. The number of hydrogen-bond donors (Lipinski definition) is 1. The molecule has 0 saturated carbocycles. The second-order valence-electron chi connectivity index (χ2n) is 4.92. The Labute approximate surface area is 153 Å². The Morgan fingerprint density at radius 3 is 2.23 bits per heavy atom. The molecular weight excluding hydrogens is 424 g/mol. The number of anilines is 2. The topological polar surface area (TPSA) is 24.9 Å². The number of nitrogens with one attached hydrogen (secondary N) is 1. The zero-order valence-electron chi connectivity index (χ0n) is 12.2. The Morgan fingerprint density at radius 2 is 1.59 bits per heavy atom. The van der Waals surface area contributed by atoms with Crippen molar-refractivity contribution in [1.29, 1.82) is 0 Å². The second kappa shape index (κ2) is 7.40. The van der Waals surface area contributed by atoms with Gasteiger partial charge in [0.2, 0.25) is 0 Å². The molecule has 0 aliphatic rings. The maximum atomic E-state index is 4.72. The van der Waals surface area contributed by atoms with Crippen LogP contribution < -0.4 is 22.3 Å². The molecule has 5 heteroatoms. The highest BCUT2D eigenvalue weighted by Crippen LogP contribution is 2.32. The summed E-state index contributed by atoms with van der Waals surface area (Å²) >= 11 is 5.14. The lowest BCUT2D eigenvalue weighted by molar-refractivity contribution is -0.00000412. The third-order valence-electron chi connectivity index (χ3n) is 3.22. The molecule has 0 bridgehead atoms. The number of rotatable bonds is 3. The van der Waals surface area contributed by atoms with Gasteiger partial charge >= 0.3 is 0 Å². The first-order valence-corrected chi connectivity index (χ1v) is 8.30. The summed E-state index contributed by atoms with van der Waals surface area (Å²) in [5.41, 5.74) is 4.51. The predicted octanol–water partition coefficient (Wildman–Crippen LogP) is 2.94. The normalized spacial score (nSPS) is 10.1. The second-order valence-corrected chi connectivity index (χ2v) is 7.04. The minimum Gasteiger partial charge on any atom is -1.00 e. The Bertz CT molecular complexity index is 749. The van der Waals surface area contributed by atoms with Gasteiger partial charge < -0.3 is 22.3 Å². The molecule has 2 aromatic carbocycles. The van der Waals surface area contributed by atoms with Gasteiger partial charge in [0.05, 0.1) is 5.69 Å². The van der Waals surface area contributed by atoms with Gasteiger partial charge in [-0.3, -0.25) is 0 Å². The first-order valence-electron chi connectivity index (χ1n) is 6.69. The largest absolute Gasteiger partial charge is 1.00 e. The molecule has 0 unspecified atom stereocenters. The summed E-state index contributed by atoms with van der Waals surface area (Å²) in [6.07, 6.45) is 0. The van der Waals surface area contributed by atoms with Crippen molar-refractivity contribution in [1.82, 2.24) is 4.98 Å². The molecule has 0 amide bonds. The molecule has 3 rings (SSSR count). The molecule has 0 fully saturated rings. The average Bonchev–Trinajstić information content (AvgIpc) is 2.83. The van der Waals surface area contributed by atoms with E-state index in [1.165, 1.54) is 10.4 Å². The number of thiazole rings is 1. The van der Waals surface area contributed by atoms with E-state index in [0.29, 0.717) is 0 Å². The summed E-state index contributed by atoms with van der Waals surface area (Å²) in [5, 5.41) is 4.30. The van der Waals surface area contributed by atoms with Crippen LogP contribution in [0.3, 0.4) is 0 Å². The van der Waals surface area contributed by atoms with Crippen LogP contribution in [0.2, 0.25) is 0 Å². The lowest BCUT2D eigenvalue weighted by Gasteiger charge is -2.02. The van der Waals surface area contributed by atoms with Crippen molar-refractivity contribution in [2.45, 2.75) is 13.8 Å². The number of aryl methyl sites for hydroxylation is 2. The van der Waals surface area contributed by atoms with E-state index < -0.39 is 0 Å². The highest BCUT2D eigenvalue weighted by Gasteiger charge is 2.10. The van der Waals surface area contributed by atoms with Gasteiger partial charge in [-0.1, -0.05) is 45.8 Å². The molecule has 0 radical (unpaired) electrons. The number of aromatic nitrogens is 1. The van der Waals surface area contributed by atoms with Crippen LogP contribution in [-0.4, -0.2) is 4.98 Å². The summed E-state index contributed by atoms with van der Waals surface area (Å²) in [5.74, 6) is 0. The Hall–Kier alpha value is -1.17. The summed E-state index contributed by atoms with van der Waals surface area (Å²) in [4.78, 5) is 5.93. The molecule has 0 aliphatic carbocycles. The van der Waals surface area contributed by atoms with E-state index in [-0.39, 0.29) is 17.0 Å². The Morgan fingerprint density at radius 1 is 0.955 bits per heavy atom. The van der Waals surface area contributed by atoms with Crippen LogP contribution in [0.1, 0.15) is 10.4 Å². The van der Waals surface area contributed by atoms with Gasteiger partial charge in [0.15, 0.2) is 5.13 Å². The minimum atomic E-state index is 0. The van der Waals surface area contributed by atoms with Crippen molar-refractivity contribution in [3.8, 4) is 11.3 Å². The van der Waals surface area contributed by atoms with Crippen molar-refractivity contribution in [2.24, 2.45) is 0 Å². The van der Waals surface area contributed by atoms with Crippen molar-refractivity contribution < 1.29 is 17.0 Å². The van der Waals surface area contributed by atoms with Gasteiger partial charge in [0.25, 0.3) is 0 Å². The monoisotopic (exact) mass is 437 g/mol. The van der Waals surface area contributed by atoms with Crippen LogP contribution in [0.15, 0.2) is 53.0 Å². The standard InChI is InChI=1S/C17H15BrN2S.BrH/c1-11-3-9-15(10-4-11)19-17-20-16(12(2)21-17)13-5-7-14(18)8-6-13;/h3-10H,1-2H3,(H,19,20);1H/p-1. The Balaban J connectivity index is 0.00000176. The van der Waals surface area contributed by atoms with Crippen molar-refractivity contribution in [3.63, 3.8) is 0 Å². The summed E-state index contributed by atoms with van der Waals surface area (Å²) < 4.78 is 1.08. The van der Waals surface area contributed by atoms with Gasteiger partial charge in [-0.2, -0.15) is 0 Å². The van der Waals surface area contributed by atoms with Crippen LogP contribution in [0.5, 0.6) is 0 Å². The average molecular weight is 439 g/mol. The number of hydrogen-bond acceptors (Lipinski definition) is 3. The van der Waals surface area contributed by atoms with E-state index in [9.17, 15) is 0 Å². The fourth-order valence-corrected chi connectivity index (χ4v) is 3.21. The molecule has 114 valence electrons. The smallest absolute Gasteiger partial charge is 0.187 e.